The average Bonchev–Trinajstić information content (AvgIpc) is 2.42. The van der Waals surface area contributed by atoms with E-state index in [1.54, 1.807) is 32.1 Å². The van der Waals surface area contributed by atoms with Gasteiger partial charge in [0.05, 0.1) is 0 Å². The van der Waals surface area contributed by atoms with Crippen molar-refractivity contribution in [3.05, 3.63) is 0 Å². The number of unbranched alkanes of at least 4 members (excludes halogenated alkanes) is 1. The fourth-order valence-electron chi connectivity index (χ4n) is 6.30. The van der Waals surface area contributed by atoms with E-state index in [1.165, 1.54) is 39.0 Å². The van der Waals surface area contributed by atoms with Crippen LogP contribution in [0.3, 0.4) is 0 Å². The Balaban J connectivity index is 1.62. The summed E-state index contributed by atoms with van der Waals surface area (Å²) in [5, 5.41) is 3.77. The van der Waals surface area contributed by atoms with E-state index in [-0.39, 0.29) is 0 Å². The standard InChI is InChI=1S/C17H30N2/c1-2-3-5-19-6-4-18-12-17(19)15-8-13-7-14(10-15)11-16(17)9-13/h13-16,18H,2-12H2,1H3. The Morgan fingerprint density at radius 3 is 2.37 bits per heavy atom. The van der Waals surface area contributed by atoms with Crippen LogP contribution in [0.4, 0.5) is 0 Å². The maximum Gasteiger partial charge on any atom is 0.0391 e. The van der Waals surface area contributed by atoms with Crippen LogP contribution in [-0.4, -0.2) is 36.6 Å². The smallest absolute Gasteiger partial charge is 0.0391 e. The molecule has 0 unspecified atom stereocenters. The summed E-state index contributed by atoms with van der Waals surface area (Å²) in [4.78, 5) is 2.94. The van der Waals surface area contributed by atoms with Crippen molar-refractivity contribution in [1.29, 1.82) is 0 Å². The normalized spacial score (nSPS) is 49.1. The van der Waals surface area contributed by atoms with Crippen LogP contribution in [0.2, 0.25) is 0 Å². The van der Waals surface area contributed by atoms with Crippen LogP contribution in [0.25, 0.3) is 0 Å². The minimum absolute atomic E-state index is 0.570. The minimum atomic E-state index is 0.570. The van der Waals surface area contributed by atoms with Gasteiger partial charge >= 0.3 is 0 Å². The highest BCUT2D eigenvalue weighted by Gasteiger charge is 2.59. The van der Waals surface area contributed by atoms with Gasteiger partial charge in [0, 0.05) is 25.2 Å². The molecule has 1 saturated heterocycles. The van der Waals surface area contributed by atoms with Gasteiger partial charge in [-0.25, -0.2) is 0 Å². The number of nitrogens with one attached hydrogen (secondary N) is 1. The van der Waals surface area contributed by atoms with Crippen molar-refractivity contribution in [3.8, 4) is 0 Å². The summed E-state index contributed by atoms with van der Waals surface area (Å²) in [7, 11) is 0. The van der Waals surface area contributed by atoms with Gasteiger partial charge in [0.1, 0.15) is 0 Å². The van der Waals surface area contributed by atoms with Crippen molar-refractivity contribution < 1.29 is 0 Å². The number of rotatable bonds is 3. The van der Waals surface area contributed by atoms with Gasteiger partial charge in [-0.05, 0) is 68.7 Å². The Labute approximate surface area is 118 Å². The van der Waals surface area contributed by atoms with Gasteiger partial charge < -0.3 is 5.32 Å². The van der Waals surface area contributed by atoms with E-state index in [0.29, 0.717) is 5.54 Å². The molecular weight excluding hydrogens is 232 g/mol. The summed E-state index contributed by atoms with van der Waals surface area (Å²) in [5.74, 6) is 4.24. The first-order valence-electron chi connectivity index (χ1n) is 8.78. The van der Waals surface area contributed by atoms with Gasteiger partial charge in [-0.2, -0.15) is 0 Å². The van der Waals surface area contributed by atoms with E-state index in [9.17, 15) is 0 Å². The molecule has 1 spiro atoms. The third kappa shape index (κ3) is 1.82. The molecule has 2 nitrogen and oxygen atoms in total. The first-order chi connectivity index (χ1) is 9.33. The SMILES string of the molecule is CCCCN1CCNCC12C1CC3CC(C1)CC2C3. The molecule has 5 rings (SSSR count). The van der Waals surface area contributed by atoms with Gasteiger partial charge in [-0.3, -0.25) is 4.90 Å². The maximum absolute atomic E-state index is 3.77. The average molecular weight is 262 g/mol. The molecule has 108 valence electrons. The maximum atomic E-state index is 3.77. The lowest BCUT2D eigenvalue weighted by Gasteiger charge is -2.66. The second kappa shape index (κ2) is 4.73. The summed E-state index contributed by atoms with van der Waals surface area (Å²) in [5.41, 5.74) is 0.570. The highest BCUT2D eigenvalue weighted by atomic mass is 15.3. The highest BCUT2D eigenvalue weighted by molar-refractivity contribution is 5.14. The second-order valence-corrected chi connectivity index (χ2v) is 7.81. The largest absolute Gasteiger partial charge is 0.314 e. The zero-order chi connectivity index (χ0) is 12.9. The van der Waals surface area contributed by atoms with Crippen molar-refractivity contribution in [1.82, 2.24) is 10.2 Å². The zero-order valence-corrected chi connectivity index (χ0v) is 12.5. The molecule has 4 aliphatic carbocycles. The van der Waals surface area contributed by atoms with E-state index < -0.39 is 0 Å². The third-order valence-corrected chi connectivity index (χ3v) is 6.89. The fraction of sp³-hybridized carbons (Fsp3) is 1.00. The molecule has 5 aliphatic rings. The van der Waals surface area contributed by atoms with Crippen molar-refractivity contribution in [2.24, 2.45) is 23.7 Å². The quantitative estimate of drug-likeness (QED) is 0.841. The molecule has 1 N–H and O–H groups in total. The lowest BCUT2D eigenvalue weighted by Crippen LogP contribution is -2.73. The van der Waals surface area contributed by atoms with Crippen LogP contribution >= 0.6 is 0 Å². The van der Waals surface area contributed by atoms with Crippen LogP contribution in [0, 0.1) is 23.7 Å². The number of hydrogen-bond acceptors (Lipinski definition) is 2. The molecule has 1 aliphatic heterocycles. The fourth-order valence-corrected chi connectivity index (χ4v) is 6.30. The first-order valence-corrected chi connectivity index (χ1v) is 8.78. The number of hydrogen-bond donors (Lipinski definition) is 1. The number of piperazine rings is 1. The first kappa shape index (κ1) is 12.6. The molecule has 4 bridgehead atoms. The predicted octanol–water partition coefficient (Wildman–Crippen LogP) is 2.89. The molecule has 1 heterocycles. The Morgan fingerprint density at radius 1 is 1.05 bits per heavy atom. The van der Waals surface area contributed by atoms with E-state index >= 15 is 0 Å². The van der Waals surface area contributed by atoms with E-state index in [0.717, 1.165) is 23.7 Å². The molecule has 2 heteroatoms. The third-order valence-electron chi connectivity index (χ3n) is 6.89. The Hall–Kier alpha value is -0.0800. The lowest BCUT2D eigenvalue weighted by molar-refractivity contribution is -0.144. The van der Waals surface area contributed by atoms with Crippen LogP contribution < -0.4 is 5.32 Å². The molecule has 4 saturated carbocycles. The molecule has 19 heavy (non-hydrogen) atoms. The summed E-state index contributed by atoms with van der Waals surface area (Å²) in [6.07, 6.45) is 10.5. The van der Waals surface area contributed by atoms with E-state index in [2.05, 4.69) is 17.1 Å². The Bertz CT molecular complexity index is 310. The van der Waals surface area contributed by atoms with Gasteiger partial charge in [0.2, 0.25) is 0 Å². The van der Waals surface area contributed by atoms with Gasteiger partial charge in [-0.1, -0.05) is 13.3 Å². The molecule has 0 radical (unpaired) electrons. The van der Waals surface area contributed by atoms with Crippen LogP contribution in [-0.2, 0) is 0 Å². The summed E-state index contributed by atoms with van der Waals surface area (Å²) < 4.78 is 0. The molecule has 0 aromatic rings. The molecule has 0 aromatic carbocycles. The Morgan fingerprint density at radius 2 is 1.74 bits per heavy atom. The van der Waals surface area contributed by atoms with Crippen molar-refractivity contribution in [2.75, 3.05) is 26.2 Å². The zero-order valence-electron chi connectivity index (χ0n) is 12.5. The van der Waals surface area contributed by atoms with Gasteiger partial charge in [0.15, 0.2) is 0 Å². The molecular formula is C17H30N2. The highest BCUT2D eigenvalue weighted by Crippen LogP contribution is 2.60. The monoisotopic (exact) mass is 262 g/mol. The molecule has 0 aromatic heterocycles. The van der Waals surface area contributed by atoms with E-state index in [1.807, 2.05) is 0 Å². The molecule has 5 fully saturated rings. The molecule has 0 amide bonds. The summed E-state index contributed by atoms with van der Waals surface area (Å²) in [6.45, 7) is 7.53. The summed E-state index contributed by atoms with van der Waals surface area (Å²) in [6, 6.07) is 0. The van der Waals surface area contributed by atoms with Crippen LogP contribution in [0.15, 0.2) is 0 Å². The predicted molar refractivity (Wildman–Crippen MR) is 79.1 cm³/mol. The summed E-state index contributed by atoms with van der Waals surface area (Å²) >= 11 is 0. The minimum Gasteiger partial charge on any atom is -0.314 e. The van der Waals surface area contributed by atoms with Gasteiger partial charge in [-0.15, -0.1) is 0 Å². The van der Waals surface area contributed by atoms with E-state index in [4.69, 9.17) is 0 Å². The van der Waals surface area contributed by atoms with Crippen molar-refractivity contribution in [2.45, 2.75) is 57.4 Å². The van der Waals surface area contributed by atoms with Crippen LogP contribution in [0.5, 0.6) is 0 Å². The molecule has 0 atom stereocenters. The van der Waals surface area contributed by atoms with Crippen molar-refractivity contribution >= 4 is 0 Å². The topological polar surface area (TPSA) is 15.3 Å². The Kier molecular flexibility index (Phi) is 3.15. The number of nitrogens with zero attached hydrogens (tertiary/aromatic N) is 1. The van der Waals surface area contributed by atoms with Crippen molar-refractivity contribution in [3.63, 3.8) is 0 Å². The second-order valence-electron chi connectivity index (χ2n) is 7.81. The van der Waals surface area contributed by atoms with Gasteiger partial charge in [0.25, 0.3) is 0 Å². The lowest BCUT2D eigenvalue weighted by atomic mass is 9.47. The van der Waals surface area contributed by atoms with Crippen LogP contribution in [0.1, 0.15) is 51.9 Å².